The van der Waals surface area contributed by atoms with Crippen molar-refractivity contribution in [1.82, 2.24) is 4.98 Å². The van der Waals surface area contributed by atoms with Crippen LogP contribution in [0.5, 0.6) is 0 Å². The van der Waals surface area contributed by atoms with Crippen molar-refractivity contribution in [2.45, 2.75) is 0 Å². The minimum absolute atomic E-state index is 0.0801. The van der Waals surface area contributed by atoms with Gasteiger partial charge in [0, 0.05) is 25.0 Å². The molecule has 15 heavy (non-hydrogen) atoms. The molecule has 0 saturated heterocycles. The van der Waals surface area contributed by atoms with Crippen LogP contribution < -0.4 is 10.9 Å². The van der Waals surface area contributed by atoms with Gasteiger partial charge in [-0.2, -0.15) is 0 Å². The Kier molecular flexibility index (Phi) is 2.54. The maximum Gasteiger partial charge on any atom is 0.247 e. The summed E-state index contributed by atoms with van der Waals surface area (Å²) in [5.74, 6) is 0. The first-order chi connectivity index (χ1) is 7.29. The predicted molar refractivity (Wildman–Crippen MR) is 62.0 cm³/mol. The van der Waals surface area contributed by atoms with Crippen molar-refractivity contribution >= 4 is 5.69 Å². The number of rotatable bonds is 2. The number of hydrogen-bond acceptors (Lipinski definition) is 2. The lowest BCUT2D eigenvalue weighted by Crippen LogP contribution is -2.01. The number of H-pyrrole nitrogens is 1. The Morgan fingerprint density at radius 1 is 1.13 bits per heavy atom. The average Bonchev–Trinajstić information content (AvgIpc) is 2.30. The van der Waals surface area contributed by atoms with Crippen LogP contribution in [0.2, 0.25) is 0 Å². The standard InChI is InChI=1S/C12H12N2O/c1-13-11-4-2-3-9(7-11)10-5-6-12(15)14-8-10/h2-8,13H,1H3,(H,14,15). The average molecular weight is 200 g/mol. The van der Waals surface area contributed by atoms with E-state index < -0.39 is 0 Å². The molecule has 0 atom stereocenters. The van der Waals surface area contributed by atoms with E-state index in [1.807, 2.05) is 37.4 Å². The second-order valence-corrected chi connectivity index (χ2v) is 3.27. The topological polar surface area (TPSA) is 44.9 Å². The number of benzene rings is 1. The molecule has 1 heterocycles. The van der Waals surface area contributed by atoms with Gasteiger partial charge < -0.3 is 10.3 Å². The first kappa shape index (κ1) is 9.52. The summed E-state index contributed by atoms with van der Waals surface area (Å²) < 4.78 is 0. The van der Waals surface area contributed by atoms with Crippen molar-refractivity contribution in [3.63, 3.8) is 0 Å². The van der Waals surface area contributed by atoms with Crippen molar-refractivity contribution in [3.8, 4) is 11.1 Å². The van der Waals surface area contributed by atoms with Crippen LogP contribution in [-0.2, 0) is 0 Å². The molecule has 2 aromatic rings. The molecule has 0 bridgehead atoms. The molecular formula is C12H12N2O. The van der Waals surface area contributed by atoms with Gasteiger partial charge in [-0.25, -0.2) is 0 Å². The van der Waals surface area contributed by atoms with Crippen LogP contribution in [0.3, 0.4) is 0 Å². The van der Waals surface area contributed by atoms with Gasteiger partial charge in [0.05, 0.1) is 0 Å². The Hall–Kier alpha value is -2.03. The summed E-state index contributed by atoms with van der Waals surface area (Å²) in [7, 11) is 1.88. The van der Waals surface area contributed by atoms with Crippen molar-refractivity contribution in [3.05, 3.63) is 52.9 Å². The van der Waals surface area contributed by atoms with Crippen molar-refractivity contribution in [2.24, 2.45) is 0 Å². The second kappa shape index (κ2) is 4.00. The van der Waals surface area contributed by atoms with E-state index in [0.717, 1.165) is 16.8 Å². The van der Waals surface area contributed by atoms with Crippen molar-refractivity contribution in [1.29, 1.82) is 0 Å². The number of aromatic amines is 1. The van der Waals surface area contributed by atoms with E-state index in [1.54, 1.807) is 6.20 Å². The molecule has 1 aromatic carbocycles. The van der Waals surface area contributed by atoms with E-state index in [-0.39, 0.29) is 5.56 Å². The zero-order chi connectivity index (χ0) is 10.7. The number of aromatic nitrogens is 1. The Balaban J connectivity index is 2.44. The number of anilines is 1. The molecule has 0 radical (unpaired) electrons. The fraction of sp³-hybridized carbons (Fsp3) is 0.0833. The van der Waals surface area contributed by atoms with E-state index in [2.05, 4.69) is 10.3 Å². The lowest BCUT2D eigenvalue weighted by molar-refractivity contribution is 1.24. The Bertz CT molecular complexity index is 497. The van der Waals surface area contributed by atoms with Gasteiger partial charge >= 0.3 is 0 Å². The Labute approximate surface area is 87.8 Å². The third kappa shape index (κ3) is 2.07. The van der Waals surface area contributed by atoms with Crippen LogP contribution in [0.1, 0.15) is 0 Å². The molecule has 0 aliphatic carbocycles. The molecule has 0 spiro atoms. The van der Waals surface area contributed by atoms with Crippen molar-refractivity contribution < 1.29 is 0 Å². The van der Waals surface area contributed by atoms with Crippen LogP contribution in [0, 0.1) is 0 Å². The summed E-state index contributed by atoms with van der Waals surface area (Å²) >= 11 is 0. The van der Waals surface area contributed by atoms with Crippen LogP contribution in [-0.4, -0.2) is 12.0 Å². The summed E-state index contributed by atoms with van der Waals surface area (Å²) in [5.41, 5.74) is 3.06. The van der Waals surface area contributed by atoms with E-state index in [0.29, 0.717) is 0 Å². The van der Waals surface area contributed by atoms with Gasteiger partial charge in [0.25, 0.3) is 0 Å². The molecule has 2 rings (SSSR count). The quantitative estimate of drug-likeness (QED) is 0.779. The van der Waals surface area contributed by atoms with Gasteiger partial charge in [0.2, 0.25) is 5.56 Å². The van der Waals surface area contributed by atoms with E-state index >= 15 is 0 Å². The van der Waals surface area contributed by atoms with Gasteiger partial charge in [-0.05, 0) is 29.3 Å². The zero-order valence-corrected chi connectivity index (χ0v) is 8.45. The minimum atomic E-state index is -0.0801. The summed E-state index contributed by atoms with van der Waals surface area (Å²) in [4.78, 5) is 13.6. The summed E-state index contributed by atoms with van der Waals surface area (Å²) in [5, 5.41) is 3.08. The molecule has 0 saturated carbocycles. The van der Waals surface area contributed by atoms with Crippen LogP contribution in [0.15, 0.2) is 47.4 Å². The van der Waals surface area contributed by atoms with E-state index in [1.165, 1.54) is 6.07 Å². The van der Waals surface area contributed by atoms with Crippen LogP contribution in [0.25, 0.3) is 11.1 Å². The van der Waals surface area contributed by atoms with Gasteiger partial charge in [-0.1, -0.05) is 12.1 Å². The normalized spacial score (nSPS) is 9.93. The molecule has 0 amide bonds. The Morgan fingerprint density at radius 3 is 2.67 bits per heavy atom. The molecule has 3 heteroatoms. The van der Waals surface area contributed by atoms with Gasteiger partial charge in [-0.3, -0.25) is 4.79 Å². The van der Waals surface area contributed by atoms with E-state index in [9.17, 15) is 4.79 Å². The first-order valence-electron chi connectivity index (χ1n) is 4.76. The molecule has 0 aliphatic heterocycles. The largest absolute Gasteiger partial charge is 0.388 e. The SMILES string of the molecule is CNc1cccc(-c2ccc(=O)[nH]c2)c1. The van der Waals surface area contributed by atoms with Crippen LogP contribution in [0.4, 0.5) is 5.69 Å². The lowest BCUT2D eigenvalue weighted by atomic mass is 10.1. The molecule has 1 aromatic heterocycles. The van der Waals surface area contributed by atoms with Gasteiger partial charge in [0.15, 0.2) is 0 Å². The Morgan fingerprint density at radius 2 is 2.00 bits per heavy atom. The smallest absolute Gasteiger partial charge is 0.247 e. The number of hydrogen-bond donors (Lipinski definition) is 2. The van der Waals surface area contributed by atoms with Crippen molar-refractivity contribution in [2.75, 3.05) is 12.4 Å². The first-order valence-corrected chi connectivity index (χ1v) is 4.76. The number of pyridine rings is 1. The lowest BCUT2D eigenvalue weighted by Gasteiger charge is -2.04. The van der Waals surface area contributed by atoms with Crippen LogP contribution >= 0.6 is 0 Å². The minimum Gasteiger partial charge on any atom is -0.388 e. The fourth-order valence-corrected chi connectivity index (χ4v) is 1.44. The summed E-state index contributed by atoms with van der Waals surface area (Å²) in [6.45, 7) is 0. The molecule has 0 aliphatic rings. The maximum atomic E-state index is 10.9. The summed E-state index contributed by atoms with van der Waals surface area (Å²) in [6.07, 6.45) is 1.72. The highest BCUT2D eigenvalue weighted by atomic mass is 16.1. The van der Waals surface area contributed by atoms with E-state index in [4.69, 9.17) is 0 Å². The molecule has 0 fully saturated rings. The molecule has 0 unspecified atom stereocenters. The molecule has 3 nitrogen and oxygen atoms in total. The summed E-state index contributed by atoms with van der Waals surface area (Å²) in [6, 6.07) is 11.4. The molecule has 2 N–H and O–H groups in total. The second-order valence-electron chi connectivity index (χ2n) is 3.27. The third-order valence-electron chi connectivity index (χ3n) is 2.27. The fourth-order valence-electron chi connectivity index (χ4n) is 1.44. The highest BCUT2D eigenvalue weighted by Crippen LogP contribution is 2.20. The highest BCUT2D eigenvalue weighted by Gasteiger charge is 1.97. The monoisotopic (exact) mass is 200 g/mol. The third-order valence-corrected chi connectivity index (χ3v) is 2.27. The van der Waals surface area contributed by atoms with Gasteiger partial charge in [0.1, 0.15) is 0 Å². The predicted octanol–water partition coefficient (Wildman–Crippen LogP) is 2.08. The zero-order valence-electron chi connectivity index (χ0n) is 8.45. The highest BCUT2D eigenvalue weighted by molar-refractivity contribution is 5.67. The number of nitrogens with one attached hydrogen (secondary N) is 2. The van der Waals surface area contributed by atoms with Gasteiger partial charge in [-0.15, -0.1) is 0 Å². The molecular weight excluding hydrogens is 188 g/mol. The molecule has 76 valence electrons. The maximum absolute atomic E-state index is 10.9.